The van der Waals surface area contributed by atoms with Crippen molar-refractivity contribution in [1.29, 1.82) is 0 Å². The maximum atomic E-state index is 5.63. The minimum Gasteiger partial charge on any atom is -0.379 e. The Hall–Kier alpha value is -0.120. The maximum absolute atomic E-state index is 5.63. The van der Waals surface area contributed by atoms with Crippen molar-refractivity contribution >= 4 is 0 Å². The second-order valence-corrected chi connectivity index (χ2v) is 4.00. The van der Waals surface area contributed by atoms with Crippen LogP contribution in [0.1, 0.15) is 40.0 Å². The molecule has 3 nitrogen and oxygen atoms in total. The van der Waals surface area contributed by atoms with Crippen molar-refractivity contribution in [2.75, 3.05) is 19.8 Å². The summed E-state index contributed by atoms with van der Waals surface area (Å²) < 4.78 is 10.7. The van der Waals surface area contributed by atoms with Crippen molar-refractivity contribution in [1.82, 2.24) is 0 Å². The summed E-state index contributed by atoms with van der Waals surface area (Å²) in [5.41, 5.74) is 5.63. The Morgan fingerprint density at radius 3 is 2.29 bits per heavy atom. The van der Waals surface area contributed by atoms with Crippen LogP contribution in [0.5, 0.6) is 0 Å². The van der Waals surface area contributed by atoms with Gasteiger partial charge in [0.15, 0.2) is 0 Å². The molecule has 0 radical (unpaired) electrons. The van der Waals surface area contributed by atoms with Crippen molar-refractivity contribution in [2.45, 2.75) is 52.2 Å². The molecule has 0 spiro atoms. The normalized spacial score (nSPS) is 13.5. The smallest absolute Gasteiger partial charge is 0.0703 e. The third kappa shape index (κ3) is 11.9. The van der Waals surface area contributed by atoms with Gasteiger partial charge in [0.25, 0.3) is 0 Å². The van der Waals surface area contributed by atoms with E-state index < -0.39 is 0 Å². The topological polar surface area (TPSA) is 44.5 Å². The number of nitrogens with two attached hydrogens (primary N) is 1. The van der Waals surface area contributed by atoms with Crippen LogP contribution in [0.4, 0.5) is 0 Å². The first kappa shape index (κ1) is 13.9. The minimum atomic E-state index is 0.302. The van der Waals surface area contributed by atoms with Crippen LogP contribution in [0.2, 0.25) is 0 Å². The van der Waals surface area contributed by atoms with Gasteiger partial charge < -0.3 is 15.2 Å². The first-order valence-corrected chi connectivity index (χ1v) is 5.58. The van der Waals surface area contributed by atoms with E-state index in [9.17, 15) is 0 Å². The van der Waals surface area contributed by atoms with Crippen LogP contribution in [-0.2, 0) is 9.47 Å². The molecule has 86 valence electrons. The van der Waals surface area contributed by atoms with Gasteiger partial charge in [-0.1, -0.05) is 0 Å². The van der Waals surface area contributed by atoms with Crippen molar-refractivity contribution in [3.8, 4) is 0 Å². The summed E-state index contributed by atoms with van der Waals surface area (Å²) >= 11 is 0. The zero-order valence-corrected chi connectivity index (χ0v) is 9.79. The molecule has 0 fully saturated rings. The lowest BCUT2D eigenvalue weighted by Gasteiger charge is -2.08. The Morgan fingerprint density at radius 1 is 1.00 bits per heavy atom. The first-order valence-electron chi connectivity index (χ1n) is 5.58. The first-order chi connectivity index (χ1) is 6.63. The number of hydrogen-bond acceptors (Lipinski definition) is 3. The van der Waals surface area contributed by atoms with E-state index in [0.29, 0.717) is 25.4 Å². The van der Waals surface area contributed by atoms with Gasteiger partial charge in [-0.2, -0.15) is 0 Å². The predicted molar refractivity (Wildman–Crippen MR) is 59.4 cm³/mol. The van der Waals surface area contributed by atoms with E-state index in [0.717, 1.165) is 25.9 Å². The molecule has 0 aliphatic carbocycles. The molecule has 0 amide bonds. The molecule has 0 aliphatic rings. The van der Waals surface area contributed by atoms with E-state index in [-0.39, 0.29) is 0 Å². The zero-order chi connectivity index (χ0) is 10.8. The molecule has 0 aliphatic heterocycles. The van der Waals surface area contributed by atoms with E-state index in [2.05, 4.69) is 0 Å². The minimum absolute atomic E-state index is 0.302. The Labute approximate surface area is 88.0 Å². The standard InChI is InChI=1S/C11H25NO2/c1-10(2)14-9-8-13-7-5-4-6-11(3)12/h10-11H,4-9,12H2,1-3H3. The lowest BCUT2D eigenvalue weighted by atomic mass is 10.1. The van der Waals surface area contributed by atoms with Gasteiger partial charge in [0.05, 0.1) is 19.3 Å². The van der Waals surface area contributed by atoms with Crippen LogP contribution in [-0.4, -0.2) is 32.0 Å². The summed E-state index contributed by atoms with van der Waals surface area (Å²) in [6.45, 7) is 8.33. The van der Waals surface area contributed by atoms with Crippen molar-refractivity contribution in [3.63, 3.8) is 0 Å². The second-order valence-electron chi connectivity index (χ2n) is 4.00. The molecule has 3 heteroatoms. The van der Waals surface area contributed by atoms with Gasteiger partial charge in [-0.3, -0.25) is 0 Å². The highest BCUT2D eigenvalue weighted by atomic mass is 16.5. The Morgan fingerprint density at radius 2 is 1.71 bits per heavy atom. The number of rotatable bonds is 9. The molecule has 0 aromatic heterocycles. The number of ether oxygens (including phenoxy) is 2. The number of hydrogen-bond donors (Lipinski definition) is 1. The molecule has 0 heterocycles. The molecule has 0 aromatic rings. The Kier molecular flexibility index (Phi) is 9.35. The van der Waals surface area contributed by atoms with Gasteiger partial charge >= 0.3 is 0 Å². The molecule has 1 atom stereocenters. The molecule has 0 bridgehead atoms. The van der Waals surface area contributed by atoms with E-state index in [1.807, 2.05) is 20.8 Å². The van der Waals surface area contributed by atoms with Crippen molar-refractivity contribution < 1.29 is 9.47 Å². The lowest BCUT2D eigenvalue weighted by Crippen LogP contribution is -2.14. The Bertz CT molecular complexity index is 102. The molecule has 14 heavy (non-hydrogen) atoms. The van der Waals surface area contributed by atoms with E-state index in [4.69, 9.17) is 15.2 Å². The van der Waals surface area contributed by atoms with Gasteiger partial charge in [0.1, 0.15) is 0 Å². The SMILES string of the molecule is CC(N)CCCCOCCOC(C)C. The zero-order valence-electron chi connectivity index (χ0n) is 9.79. The predicted octanol–water partition coefficient (Wildman–Crippen LogP) is 1.95. The summed E-state index contributed by atoms with van der Waals surface area (Å²) in [5, 5.41) is 0. The van der Waals surface area contributed by atoms with E-state index in [1.54, 1.807) is 0 Å². The maximum Gasteiger partial charge on any atom is 0.0703 e. The fourth-order valence-corrected chi connectivity index (χ4v) is 1.12. The van der Waals surface area contributed by atoms with Crippen molar-refractivity contribution in [2.24, 2.45) is 5.73 Å². The van der Waals surface area contributed by atoms with Gasteiger partial charge in [-0.15, -0.1) is 0 Å². The lowest BCUT2D eigenvalue weighted by molar-refractivity contribution is 0.0186. The highest BCUT2D eigenvalue weighted by Gasteiger charge is 1.95. The van der Waals surface area contributed by atoms with Crippen LogP contribution >= 0.6 is 0 Å². The van der Waals surface area contributed by atoms with Crippen molar-refractivity contribution in [3.05, 3.63) is 0 Å². The molecule has 1 unspecified atom stereocenters. The molecular formula is C11H25NO2. The highest BCUT2D eigenvalue weighted by Crippen LogP contribution is 1.98. The summed E-state index contributed by atoms with van der Waals surface area (Å²) in [7, 11) is 0. The fourth-order valence-electron chi connectivity index (χ4n) is 1.12. The average Bonchev–Trinajstić information content (AvgIpc) is 2.08. The van der Waals surface area contributed by atoms with Crippen LogP contribution < -0.4 is 5.73 Å². The third-order valence-corrected chi connectivity index (χ3v) is 1.88. The monoisotopic (exact) mass is 203 g/mol. The van der Waals surface area contributed by atoms with E-state index in [1.165, 1.54) is 0 Å². The van der Waals surface area contributed by atoms with Gasteiger partial charge in [-0.25, -0.2) is 0 Å². The molecule has 0 rings (SSSR count). The summed E-state index contributed by atoms with van der Waals surface area (Å²) in [6, 6.07) is 0.319. The molecule has 0 saturated heterocycles. The quantitative estimate of drug-likeness (QED) is 0.582. The van der Waals surface area contributed by atoms with Crippen LogP contribution in [0, 0.1) is 0 Å². The third-order valence-electron chi connectivity index (χ3n) is 1.88. The molecule has 0 saturated carbocycles. The molecule has 0 aromatic carbocycles. The largest absolute Gasteiger partial charge is 0.379 e. The summed E-state index contributed by atoms with van der Waals surface area (Å²) in [6.07, 6.45) is 3.65. The van der Waals surface area contributed by atoms with Gasteiger partial charge in [-0.05, 0) is 40.0 Å². The van der Waals surface area contributed by atoms with Crippen LogP contribution in [0.25, 0.3) is 0 Å². The molecule has 2 N–H and O–H groups in total. The van der Waals surface area contributed by atoms with Crippen LogP contribution in [0.3, 0.4) is 0 Å². The average molecular weight is 203 g/mol. The fraction of sp³-hybridized carbons (Fsp3) is 1.00. The van der Waals surface area contributed by atoms with Crippen LogP contribution in [0.15, 0.2) is 0 Å². The summed E-state index contributed by atoms with van der Waals surface area (Å²) in [5.74, 6) is 0. The second kappa shape index (κ2) is 9.44. The molecular weight excluding hydrogens is 178 g/mol. The Balaban J connectivity index is 2.92. The number of unbranched alkanes of at least 4 members (excludes halogenated alkanes) is 1. The highest BCUT2D eigenvalue weighted by molar-refractivity contribution is 4.52. The summed E-state index contributed by atoms with van der Waals surface area (Å²) in [4.78, 5) is 0. The van der Waals surface area contributed by atoms with Gasteiger partial charge in [0.2, 0.25) is 0 Å². The van der Waals surface area contributed by atoms with E-state index >= 15 is 0 Å². The van der Waals surface area contributed by atoms with Gasteiger partial charge in [0, 0.05) is 12.6 Å².